The number of carbonyl (C=O) groups is 1. The first-order valence-corrected chi connectivity index (χ1v) is 7.35. The van der Waals surface area contributed by atoms with Gasteiger partial charge in [0.05, 0.1) is 0 Å². The number of carbonyl (C=O) groups excluding carboxylic acids is 1. The summed E-state index contributed by atoms with van der Waals surface area (Å²) in [6.07, 6.45) is 5.30. The van der Waals surface area contributed by atoms with Gasteiger partial charge in [0.2, 0.25) is 5.91 Å². The number of rotatable bonds is 3. The molecule has 112 valence electrons. The molecule has 0 saturated heterocycles. The summed E-state index contributed by atoms with van der Waals surface area (Å²) in [5.41, 5.74) is 6.49. The Morgan fingerprint density at radius 1 is 1.43 bits per heavy atom. The number of amides is 1. The van der Waals surface area contributed by atoms with Crippen LogP contribution in [-0.2, 0) is 4.79 Å². The van der Waals surface area contributed by atoms with Crippen molar-refractivity contribution in [2.24, 2.45) is 17.6 Å². The number of nitrogens with one attached hydrogen (secondary N) is 1. The molecular formula is C14H20N6O. The van der Waals surface area contributed by atoms with Crippen molar-refractivity contribution >= 4 is 17.5 Å². The second kappa shape index (κ2) is 5.77. The van der Waals surface area contributed by atoms with Crippen molar-refractivity contribution in [3.63, 3.8) is 0 Å². The number of hydrogen-bond acceptors (Lipinski definition) is 5. The first-order valence-electron chi connectivity index (χ1n) is 7.35. The molecule has 1 fully saturated rings. The van der Waals surface area contributed by atoms with Gasteiger partial charge in [0.25, 0.3) is 5.78 Å². The maximum absolute atomic E-state index is 12.4. The molecule has 2 aromatic heterocycles. The number of anilines is 1. The van der Waals surface area contributed by atoms with Crippen LogP contribution in [-0.4, -0.2) is 32.0 Å². The molecule has 21 heavy (non-hydrogen) atoms. The summed E-state index contributed by atoms with van der Waals surface area (Å²) < 4.78 is 1.55. The highest BCUT2D eigenvalue weighted by Crippen LogP contribution is 2.29. The number of fused-ring (bicyclic) bond motifs is 1. The molecule has 0 unspecified atom stereocenters. The van der Waals surface area contributed by atoms with Crippen molar-refractivity contribution in [3.05, 3.63) is 18.1 Å². The summed E-state index contributed by atoms with van der Waals surface area (Å²) >= 11 is 0. The molecule has 2 aromatic rings. The Balaban J connectivity index is 1.73. The first-order chi connectivity index (χ1) is 10.2. The Hall–Kier alpha value is -2.02. The first kappa shape index (κ1) is 13.9. The van der Waals surface area contributed by atoms with Gasteiger partial charge in [-0.25, -0.2) is 4.98 Å². The van der Waals surface area contributed by atoms with Gasteiger partial charge in [-0.3, -0.25) is 4.79 Å². The average Bonchev–Trinajstić information content (AvgIpc) is 2.95. The van der Waals surface area contributed by atoms with Crippen LogP contribution in [0.25, 0.3) is 5.78 Å². The van der Waals surface area contributed by atoms with Crippen molar-refractivity contribution in [1.82, 2.24) is 19.6 Å². The number of hydrogen-bond donors (Lipinski definition) is 2. The fourth-order valence-electron chi connectivity index (χ4n) is 2.91. The lowest BCUT2D eigenvalue weighted by Gasteiger charge is -2.26. The van der Waals surface area contributed by atoms with Crippen LogP contribution < -0.4 is 11.1 Å². The van der Waals surface area contributed by atoms with Crippen molar-refractivity contribution in [2.45, 2.75) is 32.6 Å². The zero-order valence-electron chi connectivity index (χ0n) is 12.1. The van der Waals surface area contributed by atoms with Gasteiger partial charge in [0.15, 0.2) is 0 Å². The fourth-order valence-corrected chi connectivity index (χ4v) is 2.91. The van der Waals surface area contributed by atoms with E-state index in [1.54, 1.807) is 4.52 Å². The van der Waals surface area contributed by atoms with Crippen LogP contribution >= 0.6 is 0 Å². The van der Waals surface area contributed by atoms with E-state index < -0.39 is 0 Å². The summed E-state index contributed by atoms with van der Waals surface area (Å²) in [6, 6.07) is 1.81. The van der Waals surface area contributed by atoms with Gasteiger partial charge < -0.3 is 11.1 Å². The maximum Gasteiger partial charge on any atom is 0.254 e. The van der Waals surface area contributed by atoms with Crippen LogP contribution in [0.4, 0.5) is 5.82 Å². The molecule has 0 aliphatic heterocycles. The Morgan fingerprint density at radius 3 is 2.90 bits per heavy atom. The van der Waals surface area contributed by atoms with E-state index in [2.05, 4.69) is 20.4 Å². The summed E-state index contributed by atoms with van der Waals surface area (Å²) in [6.45, 7) is 2.59. The predicted molar refractivity (Wildman–Crippen MR) is 78.7 cm³/mol. The van der Waals surface area contributed by atoms with Gasteiger partial charge in [0.1, 0.15) is 12.1 Å². The standard InChI is InChI=1S/C14H20N6O/c1-9-6-12(20-14(18-9)16-8-17-20)19-13(21)11-4-2-10(7-15)3-5-11/h6,8,10-11H,2-5,7,15H2,1H3,(H,19,21)/t10-,11-. The molecule has 1 amide bonds. The van der Waals surface area contributed by atoms with Crippen molar-refractivity contribution in [3.8, 4) is 0 Å². The summed E-state index contributed by atoms with van der Waals surface area (Å²) in [4.78, 5) is 20.7. The molecule has 0 atom stereocenters. The van der Waals surface area contributed by atoms with Crippen LogP contribution in [0.3, 0.4) is 0 Å². The summed E-state index contributed by atoms with van der Waals surface area (Å²) in [7, 11) is 0. The quantitative estimate of drug-likeness (QED) is 0.882. The Labute approximate surface area is 123 Å². The number of nitrogens with zero attached hydrogens (tertiary/aromatic N) is 4. The molecule has 0 radical (unpaired) electrons. The molecule has 1 saturated carbocycles. The molecule has 0 bridgehead atoms. The highest BCUT2D eigenvalue weighted by Gasteiger charge is 2.26. The smallest absolute Gasteiger partial charge is 0.254 e. The Bertz CT molecular complexity index is 644. The Morgan fingerprint density at radius 2 is 2.19 bits per heavy atom. The molecule has 1 aliphatic rings. The molecule has 0 aromatic carbocycles. The van der Waals surface area contributed by atoms with Gasteiger partial charge >= 0.3 is 0 Å². The lowest BCUT2D eigenvalue weighted by Crippen LogP contribution is -2.30. The second-order valence-electron chi connectivity index (χ2n) is 5.70. The topological polar surface area (TPSA) is 98.2 Å². The number of aromatic nitrogens is 4. The van der Waals surface area contributed by atoms with Crippen LogP contribution in [0.15, 0.2) is 12.4 Å². The van der Waals surface area contributed by atoms with Gasteiger partial charge in [-0.05, 0) is 45.1 Å². The summed E-state index contributed by atoms with van der Waals surface area (Å²) in [5.74, 6) is 1.80. The highest BCUT2D eigenvalue weighted by molar-refractivity contribution is 5.92. The number of nitrogens with two attached hydrogens (primary N) is 1. The van der Waals surface area contributed by atoms with E-state index in [-0.39, 0.29) is 11.8 Å². The summed E-state index contributed by atoms with van der Waals surface area (Å²) in [5, 5.41) is 7.06. The maximum atomic E-state index is 12.4. The van der Waals surface area contributed by atoms with Gasteiger partial charge in [-0.2, -0.15) is 14.6 Å². The monoisotopic (exact) mass is 288 g/mol. The molecule has 7 nitrogen and oxygen atoms in total. The molecule has 7 heteroatoms. The lowest BCUT2D eigenvalue weighted by atomic mass is 9.81. The SMILES string of the molecule is Cc1cc(NC(=O)[C@H]2CC[C@H](CN)CC2)n2ncnc2n1. The third-order valence-corrected chi connectivity index (χ3v) is 4.18. The molecule has 3 rings (SSSR count). The largest absolute Gasteiger partial charge is 0.330 e. The van der Waals surface area contributed by atoms with Crippen molar-refractivity contribution in [1.29, 1.82) is 0 Å². The molecule has 0 spiro atoms. The fraction of sp³-hybridized carbons (Fsp3) is 0.571. The van der Waals surface area contributed by atoms with E-state index in [1.807, 2.05) is 13.0 Å². The molecule has 1 aliphatic carbocycles. The van der Waals surface area contributed by atoms with Gasteiger partial charge in [-0.1, -0.05) is 0 Å². The van der Waals surface area contributed by atoms with E-state index in [1.165, 1.54) is 6.33 Å². The molecule has 2 heterocycles. The van der Waals surface area contributed by atoms with Gasteiger partial charge in [0, 0.05) is 17.7 Å². The van der Waals surface area contributed by atoms with Crippen LogP contribution in [0.5, 0.6) is 0 Å². The minimum absolute atomic E-state index is 0.0490. The van der Waals surface area contributed by atoms with Crippen LogP contribution in [0.2, 0.25) is 0 Å². The average molecular weight is 288 g/mol. The molecule has 3 N–H and O–H groups in total. The van der Waals surface area contributed by atoms with Crippen molar-refractivity contribution < 1.29 is 4.79 Å². The molecular weight excluding hydrogens is 268 g/mol. The highest BCUT2D eigenvalue weighted by atomic mass is 16.2. The lowest BCUT2D eigenvalue weighted by molar-refractivity contribution is -0.121. The zero-order chi connectivity index (χ0) is 14.8. The minimum Gasteiger partial charge on any atom is -0.330 e. The normalized spacial score (nSPS) is 22.4. The van der Waals surface area contributed by atoms with Crippen molar-refractivity contribution in [2.75, 3.05) is 11.9 Å². The van der Waals surface area contributed by atoms with Crippen LogP contribution in [0, 0.1) is 18.8 Å². The minimum atomic E-state index is 0.0490. The third kappa shape index (κ3) is 2.87. The second-order valence-corrected chi connectivity index (χ2v) is 5.70. The Kier molecular flexibility index (Phi) is 3.83. The van der Waals surface area contributed by atoms with E-state index in [0.717, 1.165) is 37.9 Å². The van der Waals surface area contributed by atoms with Gasteiger partial charge in [-0.15, -0.1) is 0 Å². The third-order valence-electron chi connectivity index (χ3n) is 4.18. The van der Waals surface area contributed by atoms with E-state index >= 15 is 0 Å². The van der Waals surface area contributed by atoms with E-state index in [0.29, 0.717) is 17.5 Å². The van der Waals surface area contributed by atoms with Crippen LogP contribution in [0.1, 0.15) is 31.4 Å². The predicted octanol–water partition coefficient (Wildman–Crippen LogP) is 1.14. The zero-order valence-corrected chi connectivity index (χ0v) is 12.1. The number of aryl methyl sites for hydroxylation is 1. The van der Waals surface area contributed by atoms with E-state index in [4.69, 9.17) is 5.73 Å². The van der Waals surface area contributed by atoms with E-state index in [9.17, 15) is 4.79 Å².